The first-order chi connectivity index (χ1) is 7.78. The third-order valence-corrected chi connectivity index (χ3v) is 3.79. The van der Waals surface area contributed by atoms with E-state index in [1.165, 1.54) is 5.56 Å². The molecule has 2 nitrogen and oxygen atoms in total. The van der Waals surface area contributed by atoms with Crippen LogP contribution in [-0.2, 0) is 12.8 Å². The molecule has 0 fully saturated rings. The van der Waals surface area contributed by atoms with Gasteiger partial charge in [0.25, 0.3) is 0 Å². The summed E-state index contributed by atoms with van der Waals surface area (Å²) >= 11 is 10.7. The van der Waals surface area contributed by atoms with Crippen LogP contribution in [0.3, 0.4) is 0 Å². The number of hydrogen-bond donors (Lipinski definition) is 0. The van der Waals surface area contributed by atoms with E-state index in [0.717, 1.165) is 27.3 Å². The van der Waals surface area contributed by atoms with Gasteiger partial charge in [0.1, 0.15) is 10.0 Å². The van der Waals surface area contributed by atoms with E-state index in [9.17, 15) is 0 Å². The summed E-state index contributed by atoms with van der Waals surface area (Å²) in [6, 6.07) is 8.26. The fraction of sp³-hybridized carbons (Fsp3) is 0.273. The Labute approximate surface area is 112 Å². The van der Waals surface area contributed by atoms with Crippen molar-refractivity contribution < 1.29 is 0 Å². The molecule has 0 amide bonds. The molecular weight excluding hydrogens is 308 g/mol. The van der Waals surface area contributed by atoms with Crippen molar-refractivity contribution in [3.05, 3.63) is 44.3 Å². The summed E-state index contributed by atoms with van der Waals surface area (Å²) in [7, 11) is 0. The maximum atomic E-state index is 5.66. The monoisotopic (exact) mass is 316 g/mol. The lowest BCUT2D eigenvalue weighted by Crippen LogP contribution is -1.86. The molecule has 2 rings (SSSR count). The lowest BCUT2D eigenvalue weighted by Gasteiger charge is -1.96. The van der Waals surface area contributed by atoms with Crippen molar-refractivity contribution >= 4 is 38.9 Å². The summed E-state index contributed by atoms with van der Waals surface area (Å²) in [6.45, 7) is 0. The van der Waals surface area contributed by atoms with E-state index in [1.54, 1.807) is 11.3 Å². The summed E-state index contributed by atoms with van der Waals surface area (Å²) in [5.74, 6) is 0.604. The van der Waals surface area contributed by atoms with Gasteiger partial charge in [0.15, 0.2) is 0 Å². The van der Waals surface area contributed by atoms with Crippen molar-refractivity contribution in [2.24, 2.45) is 0 Å². The molecule has 0 atom stereocenters. The number of aromatic nitrogens is 2. The molecule has 1 heterocycles. The zero-order chi connectivity index (χ0) is 11.4. The third kappa shape index (κ3) is 3.27. The van der Waals surface area contributed by atoms with E-state index in [0.29, 0.717) is 5.88 Å². The molecule has 0 unspecified atom stereocenters. The van der Waals surface area contributed by atoms with E-state index < -0.39 is 0 Å². The van der Waals surface area contributed by atoms with Gasteiger partial charge in [0.2, 0.25) is 0 Å². The SMILES string of the molecule is ClCCc1nnc(Cc2ccc(Br)cc2)s1. The Morgan fingerprint density at radius 2 is 1.81 bits per heavy atom. The largest absolute Gasteiger partial charge is 0.144 e. The smallest absolute Gasteiger partial charge is 0.121 e. The zero-order valence-electron chi connectivity index (χ0n) is 8.49. The molecule has 5 heteroatoms. The number of alkyl halides is 1. The molecule has 0 bridgehead atoms. The van der Waals surface area contributed by atoms with Gasteiger partial charge in [-0.25, -0.2) is 0 Å². The quantitative estimate of drug-likeness (QED) is 0.804. The molecule has 0 aliphatic carbocycles. The van der Waals surface area contributed by atoms with Crippen molar-refractivity contribution in [1.29, 1.82) is 0 Å². The van der Waals surface area contributed by atoms with Crippen LogP contribution in [0.1, 0.15) is 15.6 Å². The predicted octanol–water partition coefficient (Wildman–Crippen LogP) is 3.67. The van der Waals surface area contributed by atoms with E-state index in [-0.39, 0.29) is 0 Å². The van der Waals surface area contributed by atoms with Crippen LogP contribution in [0, 0.1) is 0 Å². The highest BCUT2D eigenvalue weighted by Crippen LogP contribution is 2.17. The van der Waals surface area contributed by atoms with Crippen LogP contribution in [0.4, 0.5) is 0 Å². The van der Waals surface area contributed by atoms with Gasteiger partial charge in [0.05, 0.1) is 0 Å². The number of hydrogen-bond acceptors (Lipinski definition) is 3. The summed E-state index contributed by atoms with van der Waals surface area (Å²) in [5, 5.41) is 10.3. The van der Waals surface area contributed by atoms with Crippen molar-refractivity contribution in [2.75, 3.05) is 5.88 Å². The zero-order valence-corrected chi connectivity index (χ0v) is 11.6. The minimum Gasteiger partial charge on any atom is -0.144 e. The average Bonchev–Trinajstić information content (AvgIpc) is 2.70. The summed E-state index contributed by atoms with van der Waals surface area (Å²) in [6.07, 6.45) is 1.65. The lowest BCUT2D eigenvalue weighted by atomic mass is 10.2. The highest BCUT2D eigenvalue weighted by Gasteiger charge is 2.04. The molecule has 0 radical (unpaired) electrons. The Bertz CT molecular complexity index is 455. The molecule has 84 valence electrons. The van der Waals surface area contributed by atoms with Crippen molar-refractivity contribution in [1.82, 2.24) is 10.2 Å². The molecule has 0 spiro atoms. The number of halogens is 2. The summed E-state index contributed by atoms with van der Waals surface area (Å²) in [4.78, 5) is 0. The fourth-order valence-electron chi connectivity index (χ4n) is 1.32. The van der Waals surface area contributed by atoms with E-state index in [2.05, 4.69) is 38.3 Å². The number of rotatable bonds is 4. The van der Waals surface area contributed by atoms with E-state index >= 15 is 0 Å². The Morgan fingerprint density at radius 3 is 2.50 bits per heavy atom. The van der Waals surface area contributed by atoms with Gasteiger partial charge in [0, 0.05) is 23.2 Å². The van der Waals surface area contributed by atoms with Crippen LogP contribution in [0.2, 0.25) is 0 Å². The molecule has 0 aliphatic rings. The van der Waals surface area contributed by atoms with E-state index in [1.807, 2.05) is 12.1 Å². The second-order valence-corrected chi connectivity index (χ2v) is 5.77. The van der Waals surface area contributed by atoms with Crippen LogP contribution < -0.4 is 0 Å². The van der Waals surface area contributed by atoms with Gasteiger partial charge < -0.3 is 0 Å². The standard InChI is InChI=1S/C11H10BrClN2S/c12-9-3-1-8(2-4-9)7-11-15-14-10(16-11)5-6-13/h1-4H,5-7H2. The fourth-order valence-corrected chi connectivity index (χ4v) is 2.75. The minimum absolute atomic E-state index is 0.604. The Balaban J connectivity index is 2.05. The third-order valence-electron chi connectivity index (χ3n) is 2.09. The van der Waals surface area contributed by atoms with Crippen molar-refractivity contribution in [2.45, 2.75) is 12.8 Å². The normalized spacial score (nSPS) is 10.6. The van der Waals surface area contributed by atoms with Crippen molar-refractivity contribution in [3.63, 3.8) is 0 Å². The van der Waals surface area contributed by atoms with Crippen LogP contribution in [0.15, 0.2) is 28.7 Å². The first kappa shape index (κ1) is 12.0. The Morgan fingerprint density at radius 1 is 1.12 bits per heavy atom. The first-order valence-corrected chi connectivity index (χ1v) is 7.04. The molecule has 1 aromatic heterocycles. The predicted molar refractivity (Wildman–Crippen MR) is 71.3 cm³/mol. The minimum atomic E-state index is 0.604. The lowest BCUT2D eigenvalue weighted by molar-refractivity contribution is 0.948. The molecule has 0 aliphatic heterocycles. The first-order valence-electron chi connectivity index (χ1n) is 4.89. The topological polar surface area (TPSA) is 25.8 Å². The molecule has 0 N–H and O–H groups in total. The van der Waals surface area contributed by atoms with Gasteiger partial charge in [-0.05, 0) is 17.7 Å². The molecule has 0 saturated carbocycles. The van der Waals surface area contributed by atoms with Crippen LogP contribution >= 0.6 is 38.9 Å². The summed E-state index contributed by atoms with van der Waals surface area (Å²) in [5.41, 5.74) is 1.25. The average molecular weight is 318 g/mol. The van der Waals surface area contributed by atoms with Crippen LogP contribution in [-0.4, -0.2) is 16.1 Å². The van der Waals surface area contributed by atoms with Gasteiger partial charge >= 0.3 is 0 Å². The number of aryl methyl sites for hydroxylation is 1. The maximum absolute atomic E-state index is 5.66. The highest BCUT2D eigenvalue weighted by atomic mass is 79.9. The second kappa shape index (κ2) is 5.75. The maximum Gasteiger partial charge on any atom is 0.121 e. The molecule has 0 saturated heterocycles. The Kier molecular flexibility index (Phi) is 4.32. The number of benzene rings is 1. The second-order valence-electron chi connectivity index (χ2n) is 3.33. The van der Waals surface area contributed by atoms with Crippen LogP contribution in [0.25, 0.3) is 0 Å². The van der Waals surface area contributed by atoms with Gasteiger partial charge in [-0.1, -0.05) is 28.1 Å². The van der Waals surface area contributed by atoms with E-state index in [4.69, 9.17) is 11.6 Å². The van der Waals surface area contributed by atoms with Gasteiger partial charge in [-0.3, -0.25) is 0 Å². The molecular formula is C11H10BrClN2S. The highest BCUT2D eigenvalue weighted by molar-refractivity contribution is 9.10. The van der Waals surface area contributed by atoms with Crippen molar-refractivity contribution in [3.8, 4) is 0 Å². The number of nitrogens with zero attached hydrogens (tertiary/aromatic N) is 2. The molecule has 1 aromatic carbocycles. The summed E-state index contributed by atoms with van der Waals surface area (Å²) < 4.78 is 1.09. The molecule has 2 aromatic rings. The van der Waals surface area contributed by atoms with Crippen LogP contribution in [0.5, 0.6) is 0 Å². The van der Waals surface area contributed by atoms with Gasteiger partial charge in [-0.15, -0.1) is 33.1 Å². The molecule has 16 heavy (non-hydrogen) atoms. The Hall–Kier alpha value is -0.450. The van der Waals surface area contributed by atoms with Gasteiger partial charge in [-0.2, -0.15) is 0 Å².